The van der Waals surface area contributed by atoms with Crippen molar-refractivity contribution < 1.29 is 19.0 Å². The van der Waals surface area contributed by atoms with Gasteiger partial charge < -0.3 is 14.2 Å². The van der Waals surface area contributed by atoms with Gasteiger partial charge in [0.15, 0.2) is 0 Å². The molecular weight excluding hydrogens is 246 g/mol. The fourth-order valence-corrected chi connectivity index (χ4v) is 2.34. The van der Waals surface area contributed by atoms with Crippen LogP contribution in [0.3, 0.4) is 0 Å². The molecule has 0 spiro atoms. The van der Waals surface area contributed by atoms with Gasteiger partial charge >= 0.3 is 5.97 Å². The Hall–Kier alpha value is -0.650. The fraction of sp³-hybridized carbons (Fsp3) is 0.929. The first kappa shape index (κ1) is 16.4. The average molecular weight is 273 g/mol. The molecule has 1 N–H and O–H groups in total. The Morgan fingerprint density at radius 2 is 2.26 bits per heavy atom. The molecule has 1 rings (SSSR count). The lowest BCUT2D eigenvalue weighted by Gasteiger charge is -2.30. The van der Waals surface area contributed by atoms with E-state index in [1.165, 1.54) is 7.11 Å². The molecule has 1 aliphatic heterocycles. The summed E-state index contributed by atoms with van der Waals surface area (Å²) in [4.78, 5) is 11.9. The molecule has 1 saturated heterocycles. The Morgan fingerprint density at radius 1 is 1.53 bits per heavy atom. The minimum absolute atomic E-state index is 0.215. The lowest BCUT2D eigenvalue weighted by molar-refractivity contribution is -0.149. The van der Waals surface area contributed by atoms with Gasteiger partial charge in [0.1, 0.15) is 5.54 Å². The van der Waals surface area contributed by atoms with Crippen molar-refractivity contribution in [2.24, 2.45) is 5.92 Å². The third kappa shape index (κ3) is 5.47. The van der Waals surface area contributed by atoms with E-state index >= 15 is 0 Å². The maximum absolute atomic E-state index is 11.9. The Bertz CT molecular complexity index is 277. The second-order valence-corrected chi connectivity index (χ2v) is 5.68. The SMILES string of the molecule is COC(=O)C(C)(CCOCC1CCOC1)NC(C)C. The second kappa shape index (κ2) is 7.82. The summed E-state index contributed by atoms with van der Waals surface area (Å²) in [5.41, 5.74) is -0.685. The summed E-state index contributed by atoms with van der Waals surface area (Å²) in [5.74, 6) is 0.261. The first-order valence-corrected chi connectivity index (χ1v) is 6.99. The normalized spacial score (nSPS) is 22.5. The van der Waals surface area contributed by atoms with Gasteiger partial charge in [0.2, 0.25) is 0 Å². The molecule has 0 radical (unpaired) electrons. The molecule has 0 bridgehead atoms. The predicted octanol–water partition coefficient (Wildman–Crippen LogP) is 1.36. The zero-order valence-electron chi connectivity index (χ0n) is 12.5. The van der Waals surface area contributed by atoms with E-state index in [0.29, 0.717) is 25.6 Å². The van der Waals surface area contributed by atoms with Gasteiger partial charge in [-0.2, -0.15) is 0 Å². The quantitative estimate of drug-likeness (QED) is 0.534. The van der Waals surface area contributed by atoms with Gasteiger partial charge in [0.25, 0.3) is 0 Å². The maximum Gasteiger partial charge on any atom is 0.325 e. The molecule has 0 aliphatic carbocycles. The molecule has 2 atom stereocenters. The van der Waals surface area contributed by atoms with Gasteiger partial charge in [-0.1, -0.05) is 0 Å². The van der Waals surface area contributed by atoms with Crippen LogP contribution in [-0.4, -0.2) is 51.1 Å². The minimum Gasteiger partial charge on any atom is -0.468 e. The molecule has 1 fully saturated rings. The first-order chi connectivity index (χ1) is 8.98. The molecule has 5 nitrogen and oxygen atoms in total. The number of ether oxygens (including phenoxy) is 3. The van der Waals surface area contributed by atoms with Gasteiger partial charge in [0, 0.05) is 25.2 Å². The highest BCUT2D eigenvalue weighted by atomic mass is 16.5. The monoisotopic (exact) mass is 273 g/mol. The number of hydrogen-bond acceptors (Lipinski definition) is 5. The number of nitrogens with one attached hydrogen (secondary N) is 1. The van der Waals surface area contributed by atoms with Crippen LogP contribution in [0.1, 0.15) is 33.6 Å². The van der Waals surface area contributed by atoms with E-state index in [0.717, 1.165) is 19.6 Å². The number of methoxy groups -OCH3 is 1. The van der Waals surface area contributed by atoms with E-state index in [1.54, 1.807) is 0 Å². The molecule has 0 saturated carbocycles. The summed E-state index contributed by atoms with van der Waals surface area (Å²) in [7, 11) is 1.42. The molecule has 112 valence electrons. The molecule has 0 aromatic carbocycles. The lowest BCUT2D eigenvalue weighted by atomic mass is 9.97. The summed E-state index contributed by atoms with van der Waals surface area (Å²) in [6.45, 7) is 8.76. The zero-order chi connectivity index (χ0) is 14.3. The third-order valence-electron chi connectivity index (χ3n) is 3.37. The molecule has 0 aromatic rings. The summed E-state index contributed by atoms with van der Waals surface area (Å²) in [5, 5.41) is 3.26. The average Bonchev–Trinajstić information content (AvgIpc) is 2.85. The number of hydrogen-bond donors (Lipinski definition) is 1. The van der Waals surface area contributed by atoms with E-state index in [9.17, 15) is 4.79 Å². The Morgan fingerprint density at radius 3 is 2.79 bits per heavy atom. The Balaban J connectivity index is 2.33. The topological polar surface area (TPSA) is 56.8 Å². The number of carbonyl (C=O) groups excluding carboxylic acids is 1. The van der Waals surface area contributed by atoms with Gasteiger partial charge in [-0.25, -0.2) is 0 Å². The van der Waals surface area contributed by atoms with Crippen LogP contribution in [0.15, 0.2) is 0 Å². The number of rotatable bonds is 8. The fourth-order valence-electron chi connectivity index (χ4n) is 2.34. The van der Waals surface area contributed by atoms with Crippen molar-refractivity contribution in [1.82, 2.24) is 5.32 Å². The Kier molecular flexibility index (Phi) is 6.75. The summed E-state index contributed by atoms with van der Waals surface area (Å²) >= 11 is 0. The van der Waals surface area contributed by atoms with E-state index < -0.39 is 5.54 Å². The van der Waals surface area contributed by atoms with Gasteiger partial charge in [-0.15, -0.1) is 0 Å². The molecule has 1 heterocycles. The first-order valence-electron chi connectivity index (χ1n) is 6.99. The van der Waals surface area contributed by atoms with E-state index in [2.05, 4.69) is 5.32 Å². The highest BCUT2D eigenvalue weighted by Crippen LogP contribution is 2.16. The van der Waals surface area contributed by atoms with Crippen LogP contribution in [0, 0.1) is 5.92 Å². The molecule has 5 heteroatoms. The van der Waals surface area contributed by atoms with Crippen molar-refractivity contribution in [3.63, 3.8) is 0 Å². The van der Waals surface area contributed by atoms with E-state index in [-0.39, 0.29) is 12.0 Å². The van der Waals surface area contributed by atoms with Crippen molar-refractivity contribution in [2.75, 3.05) is 33.5 Å². The number of carbonyl (C=O) groups is 1. The Labute approximate surface area is 116 Å². The molecule has 19 heavy (non-hydrogen) atoms. The van der Waals surface area contributed by atoms with E-state index in [4.69, 9.17) is 14.2 Å². The molecule has 1 aliphatic rings. The van der Waals surface area contributed by atoms with Gasteiger partial charge in [-0.3, -0.25) is 10.1 Å². The highest BCUT2D eigenvalue weighted by Gasteiger charge is 2.34. The molecular formula is C14H27NO4. The van der Waals surface area contributed by atoms with Crippen molar-refractivity contribution in [1.29, 1.82) is 0 Å². The zero-order valence-corrected chi connectivity index (χ0v) is 12.5. The van der Waals surface area contributed by atoms with Gasteiger partial charge in [-0.05, 0) is 33.6 Å². The van der Waals surface area contributed by atoms with Crippen molar-refractivity contribution in [3.8, 4) is 0 Å². The van der Waals surface area contributed by atoms with Gasteiger partial charge in [0.05, 0.1) is 20.3 Å². The summed E-state index contributed by atoms with van der Waals surface area (Å²) in [6.07, 6.45) is 1.67. The van der Waals surface area contributed by atoms with Crippen molar-refractivity contribution in [3.05, 3.63) is 0 Å². The predicted molar refractivity (Wildman–Crippen MR) is 73.1 cm³/mol. The lowest BCUT2D eigenvalue weighted by Crippen LogP contribution is -2.53. The molecule has 0 amide bonds. The minimum atomic E-state index is -0.685. The van der Waals surface area contributed by atoms with Crippen LogP contribution < -0.4 is 5.32 Å². The maximum atomic E-state index is 11.9. The molecule has 2 unspecified atom stereocenters. The second-order valence-electron chi connectivity index (χ2n) is 5.68. The van der Waals surface area contributed by atoms with E-state index in [1.807, 2.05) is 20.8 Å². The van der Waals surface area contributed by atoms with Crippen LogP contribution in [0.2, 0.25) is 0 Å². The van der Waals surface area contributed by atoms with Crippen LogP contribution in [0.4, 0.5) is 0 Å². The van der Waals surface area contributed by atoms with Crippen LogP contribution in [0.5, 0.6) is 0 Å². The largest absolute Gasteiger partial charge is 0.468 e. The number of esters is 1. The standard InChI is InChI=1S/C14H27NO4/c1-11(2)15-14(3,13(16)17-4)6-8-19-10-12-5-7-18-9-12/h11-12,15H,5-10H2,1-4H3. The molecule has 0 aromatic heterocycles. The van der Waals surface area contributed by atoms with Crippen LogP contribution in [-0.2, 0) is 19.0 Å². The smallest absolute Gasteiger partial charge is 0.325 e. The summed E-state index contributed by atoms with van der Waals surface area (Å²) in [6, 6.07) is 0.215. The highest BCUT2D eigenvalue weighted by molar-refractivity contribution is 5.80. The van der Waals surface area contributed by atoms with Crippen molar-refractivity contribution >= 4 is 5.97 Å². The third-order valence-corrected chi connectivity index (χ3v) is 3.37. The van der Waals surface area contributed by atoms with Crippen LogP contribution >= 0.6 is 0 Å². The summed E-state index contributed by atoms with van der Waals surface area (Å²) < 4.78 is 15.8. The van der Waals surface area contributed by atoms with Crippen LogP contribution in [0.25, 0.3) is 0 Å². The van der Waals surface area contributed by atoms with Crippen molar-refractivity contribution in [2.45, 2.75) is 45.2 Å².